The zero-order valence-electron chi connectivity index (χ0n) is 7.38. The molecule has 0 fully saturated rings. The summed E-state index contributed by atoms with van der Waals surface area (Å²) in [5.74, 6) is 0. The summed E-state index contributed by atoms with van der Waals surface area (Å²) in [4.78, 5) is 0. The molecule has 2 nitrogen and oxygen atoms in total. The molecule has 0 N–H and O–H groups in total. The van der Waals surface area contributed by atoms with E-state index in [0.717, 1.165) is 23.9 Å². The van der Waals surface area contributed by atoms with Gasteiger partial charge >= 0.3 is 0 Å². The molecule has 0 radical (unpaired) electrons. The Morgan fingerprint density at radius 3 is 2.83 bits per heavy atom. The number of rotatable bonds is 4. The quantitative estimate of drug-likeness (QED) is 0.767. The van der Waals surface area contributed by atoms with Gasteiger partial charge in [0.05, 0.1) is 23.6 Å². The number of hydrogen-bond acceptors (Lipinski definition) is 3. The van der Waals surface area contributed by atoms with Crippen LogP contribution in [0.3, 0.4) is 0 Å². The predicted molar refractivity (Wildman–Crippen MR) is 55.8 cm³/mol. The standard InChI is InChI=1S/C8H13BrN2S/c1-3-8(2,6-9)4-7-5-10-12-11-7/h5H,3-4,6H2,1-2H3. The summed E-state index contributed by atoms with van der Waals surface area (Å²) in [6.07, 6.45) is 4.04. The Kier molecular flexibility index (Phi) is 3.65. The maximum atomic E-state index is 4.21. The molecule has 0 aromatic carbocycles. The first-order valence-corrected chi connectivity index (χ1v) is 5.88. The normalized spacial score (nSPS) is 15.9. The van der Waals surface area contributed by atoms with Gasteiger partial charge in [-0.25, -0.2) is 0 Å². The van der Waals surface area contributed by atoms with Crippen LogP contribution in [0.2, 0.25) is 0 Å². The van der Waals surface area contributed by atoms with Crippen LogP contribution in [-0.4, -0.2) is 14.1 Å². The van der Waals surface area contributed by atoms with E-state index in [1.54, 1.807) is 0 Å². The maximum Gasteiger partial charge on any atom is 0.0748 e. The molecule has 1 aromatic heterocycles. The zero-order valence-corrected chi connectivity index (χ0v) is 9.78. The molecule has 0 saturated carbocycles. The zero-order chi connectivity index (χ0) is 9.03. The third-order valence-corrected chi connectivity index (χ3v) is 4.06. The number of hydrogen-bond donors (Lipinski definition) is 0. The Bertz CT molecular complexity index is 219. The van der Waals surface area contributed by atoms with Gasteiger partial charge in [-0.15, -0.1) is 0 Å². The van der Waals surface area contributed by atoms with Gasteiger partial charge in [0.25, 0.3) is 0 Å². The van der Waals surface area contributed by atoms with Crippen LogP contribution in [0.15, 0.2) is 6.20 Å². The highest BCUT2D eigenvalue weighted by Gasteiger charge is 2.21. The van der Waals surface area contributed by atoms with Gasteiger partial charge in [-0.2, -0.15) is 8.75 Å². The highest BCUT2D eigenvalue weighted by molar-refractivity contribution is 9.09. The molecule has 1 heterocycles. The monoisotopic (exact) mass is 248 g/mol. The number of alkyl halides is 1. The topological polar surface area (TPSA) is 25.8 Å². The molecule has 1 atom stereocenters. The van der Waals surface area contributed by atoms with E-state index in [1.807, 2.05) is 6.20 Å². The molecule has 1 aromatic rings. The van der Waals surface area contributed by atoms with Crippen LogP contribution in [0.25, 0.3) is 0 Å². The summed E-state index contributed by atoms with van der Waals surface area (Å²) in [6, 6.07) is 0. The van der Waals surface area contributed by atoms with Crippen molar-refractivity contribution in [3.63, 3.8) is 0 Å². The lowest BCUT2D eigenvalue weighted by Gasteiger charge is -2.23. The van der Waals surface area contributed by atoms with E-state index in [4.69, 9.17) is 0 Å². The van der Waals surface area contributed by atoms with Crippen molar-refractivity contribution >= 4 is 27.7 Å². The Labute approximate surface area is 85.9 Å². The number of halogens is 1. The van der Waals surface area contributed by atoms with Crippen LogP contribution in [-0.2, 0) is 6.42 Å². The van der Waals surface area contributed by atoms with Gasteiger partial charge in [0.1, 0.15) is 0 Å². The molecule has 1 unspecified atom stereocenters. The first kappa shape index (κ1) is 10.1. The van der Waals surface area contributed by atoms with Crippen molar-refractivity contribution in [2.24, 2.45) is 5.41 Å². The summed E-state index contributed by atoms with van der Waals surface area (Å²) >= 11 is 4.82. The second-order valence-electron chi connectivity index (χ2n) is 3.37. The van der Waals surface area contributed by atoms with E-state index in [-0.39, 0.29) is 0 Å². The van der Waals surface area contributed by atoms with Crippen LogP contribution in [0.4, 0.5) is 0 Å². The van der Waals surface area contributed by atoms with Crippen molar-refractivity contribution in [2.75, 3.05) is 5.33 Å². The fourth-order valence-electron chi connectivity index (χ4n) is 0.966. The molecular formula is C8H13BrN2S. The second-order valence-corrected chi connectivity index (χ2v) is 4.49. The van der Waals surface area contributed by atoms with E-state index in [9.17, 15) is 0 Å². The minimum Gasteiger partial charge on any atom is -0.181 e. The van der Waals surface area contributed by atoms with E-state index < -0.39 is 0 Å². The molecule has 1 rings (SSSR count). The van der Waals surface area contributed by atoms with Crippen molar-refractivity contribution < 1.29 is 0 Å². The minimum atomic E-state index is 0.329. The second kappa shape index (κ2) is 4.33. The average molecular weight is 249 g/mol. The Morgan fingerprint density at radius 1 is 1.67 bits per heavy atom. The van der Waals surface area contributed by atoms with Gasteiger partial charge in [-0.3, -0.25) is 0 Å². The van der Waals surface area contributed by atoms with Crippen molar-refractivity contribution in [2.45, 2.75) is 26.7 Å². The van der Waals surface area contributed by atoms with Gasteiger partial charge < -0.3 is 0 Å². The van der Waals surface area contributed by atoms with Gasteiger partial charge in [0, 0.05) is 5.33 Å². The smallest absolute Gasteiger partial charge is 0.0748 e. The lowest BCUT2D eigenvalue weighted by molar-refractivity contribution is 0.358. The summed E-state index contributed by atoms with van der Waals surface area (Å²) in [5, 5.41) is 1.02. The summed E-state index contributed by atoms with van der Waals surface area (Å²) in [5.41, 5.74) is 1.44. The van der Waals surface area contributed by atoms with Crippen molar-refractivity contribution in [1.29, 1.82) is 0 Å². The summed E-state index contributed by atoms with van der Waals surface area (Å²) < 4.78 is 8.20. The fourth-order valence-corrected chi connectivity index (χ4v) is 1.99. The molecular weight excluding hydrogens is 236 g/mol. The van der Waals surface area contributed by atoms with E-state index in [2.05, 4.69) is 38.5 Å². The summed E-state index contributed by atoms with van der Waals surface area (Å²) in [6.45, 7) is 4.47. The van der Waals surface area contributed by atoms with Crippen LogP contribution in [0, 0.1) is 5.41 Å². The number of nitrogens with zero attached hydrogens (tertiary/aromatic N) is 2. The third kappa shape index (κ3) is 2.52. The van der Waals surface area contributed by atoms with Crippen LogP contribution in [0.5, 0.6) is 0 Å². The average Bonchev–Trinajstić information content (AvgIpc) is 2.57. The SMILES string of the molecule is CCC(C)(CBr)Cc1cnsn1. The highest BCUT2D eigenvalue weighted by Crippen LogP contribution is 2.27. The Morgan fingerprint density at radius 2 is 2.42 bits per heavy atom. The molecule has 0 aliphatic carbocycles. The van der Waals surface area contributed by atoms with Crippen molar-refractivity contribution in [3.05, 3.63) is 11.9 Å². The van der Waals surface area contributed by atoms with Gasteiger partial charge in [-0.1, -0.05) is 29.8 Å². The first-order chi connectivity index (χ1) is 5.70. The van der Waals surface area contributed by atoms with E-state index >= 15 is 0 Å². The highest BCUT2D eigenvalue weighted by atomic mass is 79.9. The Hall–Kier alpha value is 0.0400. The molecule has 0 saturated heterocycles. The first-order valence-electron chi connectivity index (χ1n) is 4.02. The van der Waals surface area contributed by atoms with Gasteiger partial charge in [-0.05, 0) is 18.3 Å². The van der Waals surface area contributed by atoms with E-state index in [0.29, 0.717) is 5.41 Å². The molecule has 0 aliphatic heterocycles. The molecule has 4 heteroatoms. The molecule has 0 spiro atoms. The van der Waals surface area contributed by atoms with Crippen LogP contribution < -0.4 is 0 Å². The van der Waals surface area contributed by atoms with Crippen molar-refractivity contribution in [3.8, 4) is 0 Å². The maximum absolute atomic E-state index is 4.21. The van der Waals surface area contributed by atoms with Crippen LogP contribution in [0.1, 0.15) is 26.0 Å². The minimum absolute atomic E-state index is 0.329. The Balaban J connectivity index is 2.60. The fraction of sp³-hybridized carbons (Fsp3) is 0.750. The largest absolute Gasteiger partial charge is 0.181 e. The number of aromatic nitrogens is 2. The van der Waals surface area contributed by atoms with Crippen molar-refractivity contribution in [1.82, 2.24) is 8.75 Å². The van der Waals surface area contributed by atoms with Gasteiger partial charge in [0.15, 0.2) is 0 Å². The lowest BCUT2D eigenvalue weighted by atomic mass is 9.85. The molecule has 0 amide bonds. The predicted octanol–water partition coefficient (Wildman–Crippen LogP) is 2.89. The molecule has 0 bridgehead atoms. The molecule has 12 heavy (non-hydrogen) atoms. The molecule has 0 aliphatic rings. The molecule has 68 valence electrons. The van der Waals surface area contributed by atoms with E-state index in [1.165, 1.54) is 11.7 Å². The van der Waals surface area contributed by atoms with Gasteiger partial charge in [0.2, 0.25) is 0 Å². The summed E-state index contributed by atoms with van der Waals surface area (Å²) in [7, 11) is 0. The lowest BCUT2D eigenvalue weighted by Crippen LogP contribution is -2.20. The van der Waals surface area contributed by atoms with Crippen LogP contribution >= 0.6 is 27.7 Å². The third-order valence-electron chi connectivity index (χ3n) is 2.19.